The smallest absolute Gasteiger partial charge is 0.338 e. The second kappa shape index (κ2) is 10.9. The van der Waals surface area contributed by atoms with Crippen LogP contribution in [0.25, 0.3) is 10.8 Å². The quantitative estimate of drug-likeness (QED) is 0.212. The Morgan fingerprint density at radius 2 is 1.85 bits per heavy atom. The Hall–Kier alpha value is -1.09. The Morgan fingerprint density at radius 1 is 1.08 bits per heavy atom. The summed E-state index contributed by atoms with van der Waals surface area (Å²) in [5.41, 5.74) is 0.207. The second-order valence-electron chi connectivity index (χ2n) is 6.12. The summed E-state index contributed by atoms with van der Waals surface area (Å²) in [6, 6.07) is 15.0. The lowest BCUT2D eigenvalue weighted by atomic mass is 10.0. The summed E-state index contributed by atoms with van der Waals surface area (Å²) in [5.74, 6) is -0.202. The third-order valence-electron chi connectivity index (χ3n) is 4.19. The van der Waals surface area contributed by atoms with Crippen LogP contribution in [-0.2, 0) is 14.3 Å². The monoisotopic (exact) mass is 392 g/mol. The molecule has 0 radical (unpaired) electrons. The Kier molecular flexibility index (Phi) is 8.90. The van der Waals surface area contributed by atoms with Crippen molar-refractivity contribution in [3.63, 3.8) is 0 Å². The summed E-state index contributed by atoms with van der Waals surface area (Å²) in [6.45, 7) is 6.79. The number of rotatable bonds is 11. The highest BCUT2D eigenvalue weighted by Crippen LogP contribution is 2.34. The van der Waals surface area contributed by atoms with Crippen LogP contribution in [0, 0.1) is 0 Å². The summed E-state index contributed by atoms with van der Waals surface area (Å²) in [4.78, 5) is 13.8. The predicted octanol–water partition coefficient (Wildman–Crippen LogP) is 5.71. The minimum absolute atomic E-state index is 0.202. The van der Waals surface area contributed by atoms with Gasteiger partial charge in [0.1, 0.15) is 0 Å². The van der Waals surface area contributed by atoms with E-state index < -0.39 is 5.60 Å². The average molecular weight is 393 g/mol. The molecule has 3 nitrogen and oxygen atoms in total. The molecule has 2 rings (SSSR count). The summed E-state index contributed by atoms with van der Waals surface area (Å²) >= 11 is 1.84. The number of carbonyl (C=O) groups is 1. The fourth-order valence-corrected chi connectivity index (χ4v) is 5.72. The van der Waals surface area contributed by atoms with Crippen LogP contribution in [0.3, 0.4) is 0 Å². The van der Waals surface area contributed by atoms with Gasteiger partial charge < -0.3 is 9.47 Å². The number of hydrogen-bond acceptors (Lipinski definition) is 4. The standard InChI is InChI=1S/C21H29O3PS/c1-4-13-21(24-6-3,20(22)23-5-2)15-25-16-26-19-12-11-17-9-7-8-10-18(17)14-19/h7-12,14,25H,4-6,13,15-16H2,1-3H3. The fourth-order valence-electron chi connectivity index (χ4n) is 3.03. The van der Waals surface area contributed by atoms with Gasteiger partial charge in [0.05, 0.1) is 6.61 Å². The van der Waals surface area contributed by atoms with Gasteiger partial charge in [-0.2, -0.15) is 0 Å². The zero-order chi connectivity index (χ0) is 18.8. The Bertz CT molecular complexity index is 698. The molecule has 0 spiro atoms. The van der Waals surface area contributed by atoms with Crippen molar-refractivity contribution < 1.29 is 14.3 Å². The van der Waals surface area contributed by atoms with E-state index in [1.54, 1.807) is 0 Å². The number of esters is 1. The number of benzene rings is 2. The van der Waals surface area contributed by atoms with Crippen LogP contribution in [0.5, 0.6) is 0 Å². The Labute approximate surface area is 163 Å². The van der Waals surface area contributed by atoms with Gasteiger partial charge >= 0.3 is 5.97 Å². The largest absolute Gasteiger partial charge is 0.464 e. The molecule has 0 bridgehead atoms. The molecule has 142 valence electrons. The zero-order valence-electron chi connectivity index (χ0n) is 15.9. The lowest BCUT2D eigenvalue weighted by Gasteiger charge is -2.31. The van der Waals surface area contributed by atoms with E-state index in [1.807, 2.05) is 25.6 Å². The first-order valence-electron chi connectivity index (χ1n) is 9.28. The first-order chi connectivity index (χ1) is 12.6. The van der Waals surface area contributed by atoms with Gasteiger partial charge in [-0.05, 0) is 43.2 Å². The Balaban J connectivity index is 1.95. The number of thioether (sulfide) groups is 1. The van der Waals surface area contributed by atoms with Gasteiger partial charge in [-0.3, -0.25) is 0 Å². The van der Waals surface area contributed by atoms with Gasteiger partial charge in [-0.15, -0.1) is 20.3 Å². The maximum absolute atomic E-state index is 12.5. The van der Waals surface area contributed by atoms with E-state index in [9.17, 15) is 4.79 Å². The van der Waals surface area contributed by atoms with Crippen LogP contribution < -0.4 is 0 Å². The second-order valence-corrected chi connectivity index (χ2v) is 8.89. The van der Waals surface area contributed by atoms with E-state index >= 15 is 0 Å². The zero-order valence-corrected chi connectivity index (χ0v) is 17.7. The van der Waals surface area contributed by atoms with Crippen LogP contribution in [0.2, 0.25) is 0 Å². The van der Waals surface area contributed by atoms with Crippen molar-refractivity contribution in [3.8, 4) is 0 Å². The van der Waals surface area contributed by atoms with Crippen molar-refractivity contribution in [3.05, 3.63) is 42.5 Å². The van der Waals surface area contributed by atoms with E-state index in [0.29, 0.717) is 28.2 Å². The van der Waals surface area contributed by atoms with E-state index in [4.69, 9.17) is 9.47 Å². The van der Waals surface area contributed by atoms with Crippen LogP contribution in [0.4, 0.5) is 0 Å². The molecule has 0 saturated heterocycles. The van der Waals surface area contributed by atoms with Crippen molar-refractivity contribution in [1.29, 1.82) is 0 Å². The molecule has 0 heterocycles. The normalized spacial score (nSPS) is 14.0. The molecular weight excluding hydrogens is 363 g/mol. The molecule has 0 amide bonds. The maximum atomic E-state index is 12.5. The molecule has 2 unspecified atom stereocenters. The van der Waals surface area contributed by atoms with E-state index in [1.165, 1.54) is 15.7 Å². The molecule has 0 saturated carbocycles. The lowest BCUT2D eigenvalue weighted by Crippen LogP contribution is -2.45. The molecule has 2 aromatic rings. The molecule has 26 heavy (non-hydrogen) atoms. The number of fused-ring (bicyclic) bond motifs is 1. The Morgan fingerprint density at radius 3 is 2.54 bits per heavy atom. The van der Waals surface area contributed by atoms with E-state index in [-0.39, 0.29) is 5.97 Å². The van der Waals surface area contributed by atoms with Crippen molar-refractivity contribution in [2.45, 2.75) is 44.1 Å². The molecule has 2 aromatic carbocycles. The van der Waals surface area contributed by atoms with Gasteiger partial charge in [0.2, 0.25) is 0 Å². The molecule has 0 aliphatic rings. The fraction of sp³-hybridized carbons (Fsp3) is 0.476. The van der Waals surface area contributed by atoms with Gasteiger partial charge in [0.25, 0.3) is 0 Å². The molecule has 2 atom stereocenters. The third-order valence-corrected chi connectivity index (χ3v) is 7.00. The van der Waals surface area contributed by atoms with Gasteiger partial charge in [0, 0.05) is 23.2 Å². The van der Waals surface area contributed by atoms with Gasteiger partial charge in [-0.1, -0.05) is 43.7 Å². The topological polar surface area (TPSA) is 35.5 Å². The highest BCUT2D eigenvalue weighted by atomic mass is 32.2. The molecule has 0 aliphatic heterocycles. The summed E-state index contributed by atoms with van der Waals surface area (Å²) in [5, 5.41) is 2.53. The number of ether oxygens (including phenoxy) is 2. The van der Waals surface area contributed by atoms with Crippen LogP contribution in [-0.4, -0.2) is 36.4 Å². The maximum Gasteiger partial charge on any atom is 0.338 e. The van der Waals surface area contributed by atoms with Crippen molar-refractivity contribution in [1.82, 2.24) is 0 Å². The lowest BCUT2D eigenvalue weighted by molar-refractivity contribution is -0.169. The molecular formula is C21H29O3PS. The molecule has 0 aliphatic carbocycles. The number of carbonyl (C=O) groups excluding carboxylic acids is 1. The van der Waals surface area contributed by atoms with Gasteiger partial charge in [-0.25, -0.2) is 4.79 Å². The summed E-state index contributed by atoms with van der Waals surface area (Å²) < 4.78 is 11.2. The predicted molar refractivity (Wildman–Crippen MR) is 114 cm³/mol. The van der Waals surface area contributed by atoms with Crippen LogP contribution in [0.1, 0.15) is 33.6 Å². The van der Waals surface area contributed by atoms with E-state index in [2.05, 4.69) is 49.4 Å². The summed E-state index contributed by atoms with van der Waals surface area (Å²) in [6.07, 6.45) is 2.35. The number of hydrogen-bond donors (Lipinski definition) is 0. The SMILES string of the molecule is CCCC(CPCSc1ccc2ccccc2c1)(OCC)C(=O)OCC. The molecule has 0 aromatic heterocycles. The van der Waals surface area contributed by atoms with Crippen LogP contribution in [0.15, 0.2) is 47.4 Å². The van der Waals surface area contributed by atoms with Crippen LogP contribution >= 0.6 is 20.3 Å². The van der Waals surface area contributed by atoms with Crippen molar-refractivity contribution in [2.75, 3.05) is 24.9 Å². The summed E-state index contributed by atoms with van der Waals surface area (Å²) in [7, 11) is 0.640. The molecule has 5 heteroatoms. The minimum Gasteiger partial charge on any atom is -0.464 e. The highest BCUT2D eigenvalue weighted by Gasteiger charge is 2.39. The first kappa shape index (κ1) is 21.2. The highest BCUT2D eigenvalue weighted by molar-refractivity contribution is 8.03. The van der Waals surface area contributed by atoms with Gasteiger partial charge in [0.15, 0.2) is 5.60 Å². The van der Waals surface area contributed by atoms with E-state index in [0.717, 1.165) is 18.1 Å². The molecule has 0 N–H and O–H groups in total. The average Bonchev–Trinajstić information content (AvgIpc) is 2.65. The molecule has 0 fully saturated rings. The van der Waals surface area contributed by atoms with Crippen molar-refractivity contribution >= 4 is 37.1 Å². The first-order valence-corrected chi connectivity index (χ1v) is 11.7. The third kappa shape index (κ3) is 5.70. The van der Waals surface area contributed by atoms with Crippen molar-refractivity contribution in [2.24, 2.45) is 0 Å². The minimum atomic E-state index is -0.776.